The van der Waals surface area contributed by atoms with Gasteiger partial charge >= 0.3 is 6.03 Å². The molecule has 0 bridgehead atoms. The van der Waals surface area contributed by atoms with Crippen molar-refractivity contribution in [2.75, 3.05) is 0 Å². The summed E-state index contributed by atoms with van der Waals surface area (Å²) in [6.45, 7) is 1.64. The molecule has 0 spiro atoms. The third-order valence-electron chi connectivity index (χ3n) is 4.49. The van der Waals surface area contributed by atoms with Crippen LogP contribution in [-0.4, -0.2) is 22.0 Å². The maximum Gasteiger partial charge on any atom is 0.325 e. The van der Waals surface area contributed by atoms with Crippen molar-refractivity contribution in [3.8, 4) is 16.7 Å². The Balaban J connectivity index is 1.59. The topological polar surface area (TPSA) is 99.2 Å². The number of rotatable bonds is 4. The van der Waals surface area contributed by atoms with E-state index in [1.165, 1.54) is 11.3 Å². The van der Waals surface area contributed by atoms with Crippen LogP contribution in [0.5, 0.6) is 0 Å². The molecule has 1 N–H and O–H groups in total. The van der Waals surface area contributed by atoms with Gasteiger partial charge in [-0.2, -0.15) is 5.26 Å². The minimum atomic E-state index is -1.23. The van der Waals surface area contributed by atoms with Crippen LogP contribution in [0.1, 0.15) is 23.7 Å². The van der Waals surface area contributed by atoms with Gasteiger partial charge in [-0.25, -0.2) is 4.79 Å². The number of benzene rings is 1. The van der Waals surface area contributed by atoms with Gasteiger partial charge < -0.3 is 9.84 Å². The van der Waals surface area contributed by atoms with Gasteiger partial charge in [0.05, 0.1) is 23.1 Å². The van der Waals surface area contributed by atoms with Crippen molar-refractivity contribution in [3.63, 3.8) is 0 Å². The zero-order valence-electron chi connectivity index (χ0n) is 14.3. The third-order valence-corrected chi connectivity index (χ3v) is 5.37. The molecule has 1 atom stereocenters. The first-order valence-corrected chi connectivity index (χ1v) is 9.03. The second kappa shape index (κ2) is 6.37. The van der Waals surface area contributed by atoms with Gasteiger partial charge in [0.1, 0.15) is 11.2 Å². The Morgan fingerprint density at radius 1 is 1.30 bits per heavy atom. The van der Waals surface area contributed by atoms with Gasteiger partial charge in [0.25, 0.3) is 5.91 Å². The van der Waals surface area contributed by atoms with E-state index in [0.29, 0.717) is 22.6 Å². The molecule has 1 saturated heterocycles. The van der Waals surface area contributed by atoms with E-state index in [4.69, 9.17) is 9.78 Å². The van der Waals surface area contributed by atoms with Crippen molar-refractivity contribution in [3.05, 3.63) is 64.7 Å². The molecule has 0 saturated carbocycles. The first-order chi connectivity index (χ1) is 13.0. The monoisotopic (exact) mass is 378 g/mol. The average Bonchev–Trinajstić information content (AvgIpc) is 3.40. The van der Waals surface area contributed by atoms with Gasteiger partial charge in [-0.3, -0.25) is 9.69 Å². The quantitative estimate of drug-likeness (QED) is 0.703. The molecule has 0 radical (unpaired) electrons. The summed E-state index contributed by atoms with van der Waals surface area (Å²) >= 11 is 1.51. The largest absolute Gasteiger partial charge is 0.355 e. The highest BCUT2D eigenvalue weighted by molar-refractivity contribution is 7.13. The van der Waals surface area contributed by atoms with Crippen LogP contribution in [0.3, 0.4) is 0 Å². The molecule has 0 unspecified atom stereocenters. The molecule has 2 aromatic heterocycles. The number of amides is 3. The predicted octanol–water partition coefficient (Wildman–Crippen LogP) is 3.24. The van der Waals surface area contributed by atoms with E-state index in [1.54, 1.807) is 37.3 Å². The molecule has 4 rings (SSSR count). The van der Waals surface area contributed by atoms with E-state index in [1.807, 2.05) is 23.6 Å². The number of imide groups is 1. The Bertz CT molecular complexity index is 1070. The summed E-state index contributed by atoms with van der Waals surface area (Å²) < 4.78 is 5.31. The van der Waals surface area contributed by atoms with Crippen LogP contribution in [0.2, 0.25) is 0 Å². The van der Waals surface area contributed by atoms with Crippen LogP contribution in [0.4, 0.5) is 4.79 Å². The zero-order chi connectivity index (χ0) is 19.0. The van der Waals surface area contributed by atoms with Crippen molar-refractivity contribution in [2.24, 2.45) is 0 Å². The van der Waals surface area contributed by atoms with E-state index >= 15 is 0 Å². The molecular weight excluding hydrogens is 364 g/mol. The minimum Gasteiger partial charge on any atom is -0.355 e. The number of nitrogens with one attached hydrogen (secondary N) is 1. The minimum absolute atomic E-state index is 0.00702. The average molecular weight is 378 g/mol. The fourth-order valence-corrected chi connectivity index (χ4v) is 3.69. The Kier molecular flexibility index (Phi) is 4.01. The van der Waals surface area contributed by atoms with E-state index in [2.05, 4.69) is 10.5 Å². The lowest BCUT2D eigenvalue weighted by molar-refractivity contribution is -0.131. The number of carbonyl (C=O) groups is 2. The van der Waals surface area contributed by atoms with Gasteiger partial charge in [0, 0.05) is 6.07 Å². The molecule has 1 aliphatic rings. The number of carbonyl (C=O) groups excluding carboxylic acids is 2. The Morgan fingerprint density at radius 2 is 2.15 bits per heavy atom. The lowest BCUT2D eigenvalue weighted by Gasteiger charge is -2.22. The molecule has 134 valence electrons. The number of hydrogen-bond acceptors (Lipinski definition) is 6. The van der Waals surface area contributed by atoms with Crippen LogP contribution >= 0.6 is 11.3 Å². The van der Waals surface area contributed by atoms with Crippen molar-refractivity contribution >= 4 is 23.3 Å². The normalized spacial score (nSPS) is 19.2. The Labute approximate surface area is 158 Å². The standard InChI is InChI=1S/C19H14N4O3S/c1-19(13-5-2-4-12(8-13)10-20)17(24)23(18(25)21-19)11-14-9-15(26-22-14)16-6-3-7-27-16/h2-9H,11H2,1H3,(H,21,25)/t19-/m1/s1. The molecule has 1 aliphatic heterocycles. The molecule has 1 fully saturated rings. The summed E-state index contributed by atoms with van der Waals surface area (Å²) in [5, 5.41) is 17.7. The van der Waals surface area contributed by atoms with Gasteiger partial charge in [0.2, 0.25) is 0 Å². The number of urea groups is 1. The number of hydrogen-bond donors (Lipinski definition) is 1. The van der Waals surface area contributed by atoms with Crippen LogP contribution < -0.4 is 5.32 Å². The maximum atomic E-state index is 13.0. The molecule has 8 heteroatoms. The maximum absolute atomic E-state index is 13.0. The highest BCUT2D eigenvalue weighted by Crippen LogP contribution is 2.31. The highest BCUT2D eigenvalue weighted by atomic mass is 32.1. The predicted molar refractivity (Wildman–Crippen MR) is 97.4 cm³/mol. The lowest BCUT2D eigenvalue weighted by atomic mass is 9.91. The summed E-state index contributed by atoms with van der Waals surface area (Å²) in [5.41, 5.74) is 0.231. The van der Waals surface area contributed by atoms with Crippen molar-refractivity contribution in [2.45, 2.75) is 19.0 Å². The second-order valence-corrected chi connectivity index (χ2v) is 7.25. The van der Waals surface area contributed by atoms with Gasteiger partial charge in [-0.1, -0.05) is 23.4 Å². The first kappa shape index (κ1) is 17.0. The van der Waals surface area contributed by atoms with Crippen LogP contribution in [0.15, 0.2) is 52.4 Å². The first-order valence-electron chi connectivity index (χ1n) is 8.15. The van der Waals surface area contributed by atoms with E-state index < -0.39 is 17.5 Å². The molecule has 27 heavy (non-hydrogen) atoms. The summed E-state index contributed by atoms with van der Waals surface area (Å²) in [6.07, 6.45) is 0. The third kappa shape index (κ3) is 2.88. The van der Waals surface area contributed by atoms with Crippen molar-refractivity contribution in [1.29, 1.82) is 5.26 Å². The second-order valence-electron chi connectivity index (χ2n) is 6.30. The fraction of sp³-hybridized carbons (Fsp3) is 0.158. The van der Waals surface area contributed by atoms with E-state index in [-0.39, 0.29) is 6.54 Å². The number of nitriles is 1. The Morgan fingerprint density at radius 3 is 2.89 bits per heavy atom. The molecule has 7 nitrogen and oxygen atoms in total. The molecule has 3 heterocycles. The van der Waals surface area contributed by atoms with Crippen molar-refractivity contribution in [1.82, 2.24) is 15.4 Å². The molecule has 3 aromatic rings. The number of thiophene rings is 1. The number of nitrogens with zero attached hydrogens (tertiary/aromatic N) is 3. The van der Waals surface area contributed by atoms with E-state index in [9.17, 15) is 9.59 Å². The summed E-state index contributed by atoms with van der Waals surface area (Å²) in [6, 6.07) is 13.7. The van der Waals surface area contributed by atoms with Crippen LogP contribution in [0, 0.1) is 11.3 Å². The molecule has 3 amide bonds. The fourth-order valence-electron chi connectivity index (χ4n) is 3.02. The SMILES string of the molecule is C[C@]1(c2cccc(C#N)c2)NC(=O)N(Cc2cc(-c3cccs3)on2)C1=O. The van der Waals surface area contributed by atoms with Crippen molar-refractivity contribution < 1.29 is 14.1 Å². The molecule has 1 aromatic carbocycles. The summed E-state index contributed by atoms with van der Waals surface area (Å²) in [7, 11) is 0. The zero-order valence-corrected chi connectivity index (χ0v) is 15.1. The summed E-state index contributed by atoms with van der Waals surface area (Å²) in [4.78, 5) is 27.4. The van der Waals surface area contributed by atoms with Gasteiger partial charge in [-0.15, -0.1) is 11.3 Å². The van der Waals surface area contributed by atoms with Gasteiger partial charge in [-0.05, 0) is 36.1 Å². The van der Waals surface area contributed by atoms with Gasteiger partial charge in [0.15, 0.2) is 5.76 Å². The highest BCUT2D eigenvalue weighted by Gasteiger charge is 2.49. The number of aromatic nitrogens is 1. The summed E-state index contributed by atoms with van der Waals surface area (Å²) in [5.74, 6) is 0.194. The smallest absolute Gasteiger partial charge is 0.325 e. The van der Waals surface area contributed by atoms with Crippen LogP contribution in [0.25, 0.3) is 10.6 Å². The Hall–Kier alpha value is -3.44. The van der Waals surface area contributed by atoms with E-state index in [0.717, 1.165) is 9.78 Å². The molecule has 0 aliphatic carbocycles. The van der Waals surface area contributed by atoms with Crippen LogP contribution in [-0.2, 0) is 16.9 Å². The lowest BCUT2D eigenvalue weighted by Crippen LogP contribution is -2.40. The molecular formula is C19H14N4O3S.